The van der Waals surface area contributed by atoms with Crippen molar-refractivity contribution in [1.29, 1.82) is 21.0 Å². The molecule has 0 atom stereocenters. The van der Waals surface area contributed by atoms with Gasteiger partial charge in [0.05, 0.1) is 79.6 Å². The largest absolute Gasteiger partial charge is 0.308 e. The number of nitriles is 4. The van der Waals surface area contributed by atoms with E-state index in [9.17, 15) is 21.0 Å². The first-order valence-corrected chi connectivity index (χ1v) is 14.7. The smallest absolute Gasteiger partial charge is 0.0992 e. The molecule has 0 radical (unpaired) electrons. The average Bonchev–Trinajstić information content (AvgIpc) is 3.82. The second-order valence-corrected chi connectivity index (χ2v) is 11.9. The lowest BCUT2D eigenvalue weighted by molar-refractivity contribution is 1.36. The molecular weight excluding hydrogens is 564 g/mol. The van der Waals surface area contributed by atoms with Gasteiger partial charge in [0.25, 0.3) is 0 Å². The molecule has 6 aromatic carbocycles. The predicted octanol–water partition coefficient (Wildman–Crippen LogP) is 9.14. The molecule has 0 fully saturated rings. The number of benzene rings is 6. The summed E-state index contributed by atoms with van der Waals surface area (Å²) >= 11 is 0. The molecule has 46 heavy (non-hydrogen) atoms. The zero-order chi connectivity index (χ0) is 30.8. The van der Waals surface area contributed by atoms with Gasteiger partial charge in [0.15, 0.2) is 0 Å². The molecule has 10 aromatic rings. The number of hydrogen-bond acceptors (Lipinski definition) is 4. The van der Waals surface area contributed by atoms with Gasteiger partial charge in [-0.3, -0.25) is 0 Å². The molecule has 0 spiro atoms. The van der Waals surface area contributed by atoms with Gasteiger partial charge in [-0.25, -0.2) is 0 Å². The van der Waals surface area contributed by atoms with Crippen LogP contribution in [0.2, 0.25) is 0 Å². The van der Waals surface area contributed by atoms with E-state index in [0.29, 0.717) is 22.3 Å². The molecule has 0 bridgehead atoms. The monoisotopic (exact) mass is 580 g/mol. The Bertz CT molecular complexity index is 2760. The number of rotatable bonds is 1. The third-order valence-electron chi connectivity index (χ3n) is 9.63. The van der Waals surface area contributed by atoms with Crippen LogP contribution < -0.4 is 0 Å². The zero-order valence-corrected chi connectivity index (χ0v) is 23.9. The second kappa shape index (κ2) is 8.28. The van der Waals surface area contributed by atoms with E-state index >= 15 is 0 Å². The summed E-state index contributed by atoms with van der Waals surface area (Å²) in [5.74, 6) is 0. The number of fused-ring (bicyclic) bond motifs is 12. The highest BCUT2D eigenvalue weighted by molar-refractivity contribution is 6.27. The van der Waals surface area contributed by atoms with Crippen LogP contribution in [0.15, 0.2) is 97.1 Å². The first-order chi connectivity index (χ1) is 22.6. The summed E-state index contributed by atoms with van der Waals surface area (Å²) in [6.07, 6.45) is 0. The quantitative estimate of drug-likeness (QED) is 0.193. The lowest BCUT2D eigenvalue weighted by Crippen LogP contribution is -1.83. The molecule has 0 saturated heterocycles. The maximum absolute atomic E-state index is 9.71. The summed E-state index contributed by atoms with van der Waals surface area (Å²) < 4.78 is 4.38. The Morgan fingerprint density at radius 2 is 0.587 bits per heavy atom. The van der Waals surface area contributed by atoms with Crippen LogP contribution in [0, 0.1) is 45.3 Å². The molecular formula is C40H16N6. The van der Waals surface area contributed by atoms with Crippen molar-refractivity contribution < 1.29 is 0 Å². The van der Waals surface area contributed by atoms with Crippen LogP contribution in [0.3, 0.4) is 0 Å². The second-order valence-electron chi connectivity index (χ2n) is 11.9. The van der Waals surface area contributed by atoms with E-state index in [1.165, 1.54) is 0 Å². The summed E-state index contributed by atoms with van der Waals surface area (Å²) in [6.45, 7) is 0. The number of nitrogens with zero attached hydrogens (tertiary/aromatic N) is 6. The SMILES string of the molecule is N#Cc1ccc2c3cc(-c4cc5c6ccc(C#N)cc6n6c7cc(C#N)ccc7c(c4)c56)cc4c5ccc(C#N)cc5n(c2c1)c34. The summed E-state index contributed by atoms with van der Waals surface area (Å²) in [7, 11) is 0. The molecule has 6 nitrogen and oxygen atoms in total. The topological polar surface area (TPSA) is 104 Å². The third-order valence-corrected chi connectivity index (χ3v) is 9.63. The van der Waals surface area contributed by atoms with Crippen molar-refractivity contribution >= 4 is 76.2 Å². The van der Waals surface area contributed by atoms with Gasteiger partial charge in [-0.1, -0.05) is 24.3 Å². The van der Waals surface area contributed by atoms with E-state index in [-0.39, 0.29) is 0 Å². The third kappa shape index (κ3) is 2.86. The Morgan fingerprint density at radius 3 is 0.826 bits per heavy atom. The Kier molecular flexibility index (Phi) is 4.38. The molecule has 0 unspecified atom stereocenters. The van der Waals surface area contributed by atoms with Crippen LogP contribution >= 0.6 is 0 Å². The van der Waals surface area contributed by atoms with Crippen molar-refractivity contribution in [2.75, 3.05) is 0 Å². The van der Waals surface area contributed by atoms with E-state index in [1.807, 2.05) is 72.8 Å². The Balaban J connectivity index is 1.37. The fraction of sp³-hybridized carbons (Fsp3) is 0. The van der Waals surface area contributed by atoms with E-state index < -0.39 is 0 Å². The maximum Gasteiger partial charge on any atom is 0.0992 e. The molecule has 0 N–H and O–H groups in total. The van der Waals surface area contributed by atoms with E-state index in [1.54, 1.807) is 0 Å². The van der Waals surface area contributed by atoms with Gasteiger partial charge in [0, 0.05) is 43.1 Å². The van der Waals surface area contributed by atoms with Crippen molar-refractivity contribution in [3.8, 4) is 35.4 Å². The fourth-order valence-corrected chi connectivity index (χ4v) is 7.70. The van der Waals surface area contributed by atoms with Gasteiger partial charge in [-0.15, -0.1) is 0 Å². The number of aromatic nitrogens is 2. The van der Waals surface area contributed by atoms with Gasteiger partial charge in [0.1, 0.15) is 0 Å². The van der Waals surface area contributed by atoms with Crippen molar-refractivity contribution in [3.63, 3.8) is 0 Å². The Morgan fingerprint density at radius 1 is 0.326 bits per heavy atom. The molecule has 4 aromatic heterocycles. The highest BCUT2D eigenvalue weighted by atomic mass is 14.9. The van der Waals surface area contributed by atoms with E-state index in [2.05, 4.69) is 57.3 Å². The molecule has 206 valence electrons. The molecule has 10 rings (SSSR count). The van der Waals surface area contributed by atoms with E-state index in [4.69, 9.17) is 0 Å². The van der Waals surface area contributed by atoms with Crippen molar-refractivity contribution in [3.05, 3.63) is 119 Å². The minimum atomic E-state index is 0.584. The normalized spacial score (nSPS) is 11.8. The molecule has 0 aliphatic carbocycles. The minimum absolute atomic E-state index is 0.584. The predicted molar refractivity (Wildman–Crippen MR) is 180 cm³/mol. The van der Waals surface area contributed by atoms with Crippen LogP contribution in [0.25, 0.3) is 87.3 Å². The average molecular weight is 581 g/mol. The summed E-state index contributed by atoms with van der Waals surface area (Å²) in [5, 5.41) is 47.4. The fourth-order valence-electron chi connectivity index (χ4n) is 7.70. The van der Waals surface area contributed by atoms with Crippen molar-refractivity contribution in [2.45, 2.75) is 0 Å². The minimum Gasteiger partial charge on any atom is -0.308 e. The Labute approximate surface area is 260 Å². The maximum atomic E-state index is 9.71. The number of hydrogen-bond donors (Lipinski definition) is 0. The van der Waals surface area contributed by atoms with Crippen LogP contribution in [0.5, 0.6) is 0 Å². The van der Waals surface area contributed by atoms with Crippen LogP contribution in [-0.4, -0.2) is 8.80 Å². The molecule has 0 saturated carbocycles. The molecule has 0 amide bonds. The molecule has 0 aliphatic rings. The lowest BCUT2D eigenvalue weighted by Gasteiger charge is -2.06. The molecule has 4 heterocycles. The van der Waals surface area contributed by atoms with Crippen LogP contribution in [-0.2, 0) is 0 Å². The highest BCUT2D eigenvalue weighted by Crippen LogP contribution is 2.45. The van der Waals surface area contributed by atoms with Gasteiger partial charge < -0.3 is 8.80 Å². The van der Waals surface area contributed by atoms with Crippen molar-refractivity contribution in [2.24, 2.45) is 0 Å². The van der Waals surface area contributed by atoms with Crippen LogP contribution in [0.1, 0.15) is 22.3 Å². The standard InChI is InChI=1S/C40H16N6/c41-17-21-1-5-27-31-13-25(14-32-28-6-2-22(18-42)10-36(28)45(39(31)32)35(27)9-21)26-15-33-29-7-3-23(19-43)11-37(29)46-38-12-24(20-44)4-8-30(38)34(16-26)40(33)46/h1-16H. The van der Waals surface area contributed by atoms with Crippen LogP contribution in [0.4, 0.5) is 0 Å². The van der Waals surface area contributed by atoms with Gasteiger partial charge in [-0.2, -0.15) is 21.0 Å². The van der Waals surface area contributed by atoms with Gasteiger partial charge >= 0.3 is 0 Å². The first-order valence-electron chi connectivity index (χ1n) is 14.7. The highest BCUT2D eigenvalue weighted by Gasteiger charge is 2.22. The van der Waals surface area contributed by atoms with Crippen molar-refractivity contribution in [1.82, 2.24) is 8.80 Å². The lowest BCUT2D eigenvalue weighted by atomic mass is 9.96. The summed E-state index contributed by atoms with van der Waals surface area (Å²) in [4.78, 5) is 0. The molecule has 0 aliphatic heterocycles. The van der Waals surface area contributed by atoms with E-state index in [0.717, 1.165) is 87.3 Å². The van der Waals surface area contributed by atoms with Gasteiger partial charge in [-0.05, 0) is 83.9 Å². The summed E-state index contributed by atoms with van der Waals surface area (Å²) in [6, 6.07) is 41.3. The first kappa shape index (κ1) is 24.3. The molecule has 6 heteroatoms. The Hall–Kier alpha value is -7.12. The van der Waals surface area contributed by atoms with Gasteiger partial charge in [0.2, 0.25) is 0 Å². The zero-order valence-electron chi connectivity index (χ0n) is 23.9. The summed E-state index contributed by atoms with van der Waals surface area (Å²) in [5.41, 5.74) is 10.3.